The Labute approximate surface area is 100 Å². The number of aliphatic carboxylic acids is 1. The van der Waals surface area contributed by atoms with Gasteiger partial charge >= 0.3 is 5.97 Å². The summed E-state index contributed by atoms with van der Waals surface area (Å²) in [6.45, 7) is 0.767. The summed E-state index contributed by atoms with van der Waals surface area (Å²) in [7, 11) is 3.91. The Bertz CT molecular complexity index is 416. The van der Waals surface area contributed by atoms with Crippen molar-refractivity contribution >= 4 is 17.6 Å². The lowest BCUT2D eigenvalue weighted by molar-refractivity contribution is -0.139. The number of rotatable bonds is 5. The molecule has 0 saturated carbocycles. The molecule has 0 aromatic heterocycles. The highest BCUT2D eigenvalue weighted by atomic mass is 16.4. The molecule has 92 valence electrons. The average molecular weight is 236 g/mol. The third-order valence-electron chi connectivity index (χ3n) is 2.02. The average Bonchev–Trinajstić information content (AvgIpc) is 2.14. The maximum Gasteiger partial charge on any atom is 0.312 e. The molecule has 0 aliphatic rings. The fraction of sp³-hybridized carbons (Fsp3) is 0.333. The fourth-order valence-corrected chi connectivity index (χ4v) is 1.46. The third kappa shape index (κ3) is 5.12. The lowest BCUT2D eigenvalue weighted by atomic mass is 10.2. The molecular weight excluding hydrogens is 220 g/mol. The van der Waals surface area contributed by atoms with E-state index < -0.39 is 18.3 Å². The number of hydrogen-bond acceptors (Lipinski definition) is 3. The second-order valence-electron chi connectivity index (χ2n) is 4.06. The molecule has 17 heavy (non-hydrogen) atoms. The van der Waals surface area contributed by atoms with E-state index in [9.17, 15) is 9.59 Å². The van der Waals surface area contributed by atoms with Crippen molar-refractivity contribution in [1.82, 2.24) is 4.90 Å². The summed E-state index contributed by atoms with van der Waals surface area (Å²) in [6, 6.07) is 7.35. The lowest BCUT2D eigenvalue weighted by Gasteiger charge is -2.11. The van der Waals surface area contributed by atoms with Gasteiger partial charge in [-0.2, -0.15) is 0 Å². The number of carbonyl (C=O) groups excluding carboxylic acids is 1. The van der Waals surface area contributed by atoms with Gasteiger partial charge in [-0.05, 0) is 31.8 Å². The zero-order valence-electron chi connectivity index (χ0n) is 9.93. The van der Waals surface area contributed by atoms with Gasteiger partial charge in [-0.15, -0.1) is 0 Å². The van der Waals surface area contributed by atoms with Crippen molar-refractivity contribution in [3.8, 4) is 0 Å². The number of amides is 1. The van der Waals surface area contributed by atoms with E-state index >= 15 is 0 Å². The van der Waals surface area contributed by atoms with Crippen molar-refractivity contribution in [2.45, 2.75) is 13.0 Å². The summed E-state index contributed by atoms with van der Waals surface area (Å²) in [5.74, 6) is -1.65. The van der Waals surface area contributed by atoms with Gasteiger partial charge < -0.3 is 15.3 Å². The van der Waals surface area contributed by atoms with E-state index in [0.717, 1.165) is 12.1 Å². The van der Waals surface area contributed by atoms with Crippen LogP contribution >= 0.6 is 0 Å². The molecule has 5 nitrogen and oxygen atoms in total. The molecule has 0 fully saturated rings. The number of benzene rings is 1. The van der Waals surface area contributed by atoms with Gasteiger partial charge in [0.2, 0.25) is 5.91 Å². The Morgan fingerprint density at radius 2 is 2.06 bits per heavy atom. The first-order chi connectivity index (χ1) is 7.97. The highest BCUT2D eigenvalue weighted by molar-refractivity contribution is 6.01. The molecule has 0 radical (unpaired) electrons. The number of hydrogen-bond donors (Lipinski definition) is 2. The number of carboxylic acids is 1. The Hall–Kier alpha value is -1.88. The van der Waals surface area contributed by atoms with E-state index in [1.165, 1.54) is 0 Å². The van der Waals surface area contributed by atoms with Crippen LogP contribution in [0.25, 0.3) is 0 Å². The monoisotopic (exact) mass is 236 g/mol. The van der Waals surface area contributed by atoms with Gasteiger partial charge in [0.1, 0.15) is 6.42 Å². The molecule has 0 bridgehead atoms. The van der Waals surface area contributed by atoms with Crippen LogP contribution in [0.15, 0.2) is 24.3 Å². The number of nitrogens with one attached hydrogen (secondary N) is 1. The van der Waals surface area contributed by atoms with Gasteiger partial charge in [-0.1, -0.05) is 12.1 Å². The second-order valence-corrected chi connectivity index (χ2v) is 4.06. The Morgan fingerprint density at radius 3 is 2.65 bits per heavy atom. The van der Waals surface area contributed by atoms with Crippen LogP contribution in [0.3, 0.4) is 0 Å². The van der Waals surface area contributed by atoms with E-state index in [-0.39, 0.29) is 0 Å². The van der Waals surface area contributed by atoms with Gasteiger partial charge in [0.25, 0.3) is 0 Å². The largest absolute Gasteiger partial charge is 0.481 e. The molecule has 5 heteroatoms. The number of carboxylic acid groups (broad SMARTS) is 1. The van der Waals surface area contributed by atoms with Crippen molar-refractivity contribution in [3.63, 3.8) is 0 Å². The normalized spacial score (nSPS) is 10.3. The van der Waals surface area contributed by atoms with E-state index in [1.807, 2.05) is 37.2 Å². The van der Waals surface area contributed by atoms with Crippen LogP contribution in [0.5, 0.6) is 0 Å². The Balaban J connectivity index is 2.65. The van der Waals surface area contributed by atoms with Crippen LogP contribution in [0, 0.1) is 0 Å². The van der Waals surface area contributed by atoms with Crippen molar-refractivity contribution in [1.29, 1.82) is 0 Å². The number of nitrogens with zero attached hydrogens (tertiary/aromatic N) is 1. The Morgan fingerprint density at radius 1 is 1.35 bits per heavy atom. The molecular formula is C12H16N2O3. The van der Waals surface area contributed by atoms with Crippen LogP contribution < -0.4 is 5.32 Å². The van der Waals surface area contributed by atoms with Crippen LogP contribution in [-0.4, -0.2) is 36.0 Å². The molecule has 1 aromatic rings. The molecule has 0 aliphatic carbocycles. The third-order valence-corrected chi connectivity index (χ3v) is 2.02. The number of carbonyl (C=O) groups is 2. The fourth-order valence-electron chi connectivity index (χ4n) is 1.46. The van der Waals surface area contributed by atoms with Gasteiger partial charge in [0, 0.05) is 12.2 Å². The predicted molar refractivity (Wildman–Crippen MR) is 64.7 cm³/mol. The van der Waals surface area contributed by atoms with Gasteiger partial charge in [0.15, 0.2) is 0 Å². The summed E-state index contributed by atoms with van der Waals surface area (Å²) in [5, 5.41) is 11.0. The van der Waals surface area contributed by atoms with E-state index in [1.54, 1.807) is 6.07 Å². The van der Waals surface area contributed by atoms with E-state index in [4.69, 9.17) is 5.11 Å². The first-order valence-corrected chi connectivity index (χ1v) is 5.22. The molecule has 0 aliphatic heterocycles. The molecule has 0 heterocycles. The van der Waals surface area contributed by atoms with Crippen LogP contribution in [0.2, 0.25) is 0 Å². The molecule has 0 saturated heterocycles. The number of anilines is 1. The van der Waals surface area contributed by atoms with E-state index in [0.29, 0.717) is 5.69 Å². The van der Waals surface area contributed by atoms with Crippen LogP contribution in [-0.2, 0) is 16.1 Å². The molecule has 1 amide bonds. The molecule has 0 atom stereocenters. The summed E-state index contributed by atoms with van der Waals surface area (Å²) in [5.41, 5.74) is 1.68. The second kappa shape index (κ2) is 6.00. The minimum absolute atomic E-state index is 0.514. The predicted octanol–water partition coefficient (Wildman–Crippen LogP) is 1.16. The highest BCUT2D eigenvalue weighted by Gasteiger charge is 2.07. The zero-order valence-corrected chi connectivity index (χ0v) is 9.93. The van der Waals surface area contributed by atoms with Crippen LogP contribution in [0.4, 0.5) is 5.69 Å². The minimum Gasteiger partial charge on any atom is -0.481 e. The SMILES string of the molecule is CN(C)Cc1cccc(NC(=O)CC(=O)O)c1. The summed E-state index contributed by atoms with van der Waals surface area (Å²) >= 11 is 0. The lowest BCUT2D eigenvalue weighted by Crippen LogP contribution is -2.16. The van der Waals surface area contributed by atoms with Crippen molar-refractivity contribution in [3.05, 3.63) is 29.8 Å². The smallest absolute Gasteiger partial charge is 0.312 e. The zero-order chi connectivity index (χ0) is 12.8. The standard InChI is InChI=1S/C12H16N2O3/c1-14(2)8-9-4-3-5-10(6-9)13-11(15)7-12(16)17/h3-6H,7-8H2,1-2H3,(H,13,15)(H,16,17). The van der Waals surface area contributed by atoms with Crippen molar-refractivity contribution in [2.75, 3.05) is 19.4 Å². The first-order valence-electron chi connectivity index (χ1n) is 5.22. The first kappa shape index (κ1) is 13.2. The summed E-state index contributed by atoms with van der Waals surface area (Å²) < 4.78 is 0. The maximum atomic E-state index is 11.3. The molecule has 2 N–H and O–H groups in total. The highest BCUT2D eigenvalue weighted by Crippen LogP contribution is 2.12. The van der Waals surface area contributed by atoms with Crippen molar-refractivity contribution in [2.24, 2.45) is 0 Å². The topological polar surface area (TPSA) is 69.6 Å². The van der Waals surface area contributed by atoms with Crippen LogP contribution in [0.1, 0.15) is 12.0 Å². The van der Waals surface area contributed by atoms with Gasteiger partial charge in [0.05, 0.1) is 0 Å². The molecule has 0 spiro atoms. The quantitative estimate of drug-likeness (QED) is 0.753. The van der Waals surface area contributed by atoms with Gasteiger partial charge in [-0.25, -0.2) is 0 Å². The minimum atomic E-state index is -1.13. The van der Waals surface area contributed by atoms with Gasteiger partial charge in [-0.3, -0.25) is 9.59 Å². The molecule has 0 unspecified atom stereocenters. The molecule has 1 aromatic carbocycles. The van der Waals surface area contributed by atoms with E-state index in [2.05, 4.69) is 5.32 Å². The Kier molecular flexibility index (Phi) is 4.66. The summed E-state index contributed by atoms with van der Waals surface area (Å²) in [4.78, 5) is 23.6. The van der Waals surface area contributed by atoms with Crippen molar-refractivity contribution < 1.29 is 14.7 Å². The maximum absolute atomic E-state index is 11.3. The summed E-state index contributed by atoms with van der Waals surface area (Å²) in [6.07, 6.45) is -0.516. The molecule has 1 rings (SSSR count).